The zero-order valence-electron chi connectivity index (χ0n) is 16.8. The van der Waals surface area contributed by atoms with E-state index in [0.29, 0.717) is 4.48 Å². The number of hydrogen-bond acceptors (Lipinski definition) is 1. The van der Waals surface area contributed by atoms with Crippen LogP contribution in [0.25, 0.3) is 0 Å². The maximum Gasteiger partial charge on any atom is 0.359 e. The molecule has 0 fully saturated rings. The van der Waals surface area contributed by atoms with Gasteiger partial charge in [0.15, 0.2) is 6.54 Å². The molecule has 1 rings (SSSR count). The SMILES string of the molecule is C[N+](C)(CCCCCCCCCCC[Se]Cc1ccccc1)CC(=O)O. The number of carbonyl (C=O) groups is 1. The van der Waals surface area contributed by atoms with E-state index in [-0.39, 0.29) is 6.54 Å². The first-order valence-corrected chi connectivity index (χ1v) is 12.6. The van der Waals surface area contributed by atoms with Gasteiger partial charge in [-0.25, -0.2) is 4.79 Å². The number of aliphatic carboxylic acids is 1. The Morgan fingerprint density at radius 1 is 0.885 bits per heavy atom. The van der Waals surface area contributed by atoms with Crippen LogP contribution in [0, 0.1) is 0 Å². The van der Waals surface area contributed by atoms with Crippen molar-refractivity contribution in [3.05, 3.63) is 35.9 Å². The van der Waals surface area contributed by atoms with E-state index >= 15 is 0 Å². The Kier molecular flexibility index (Phi) is 12.7. The van der Waals surface area contributed by atoms with Crippen LogP contribution in [0.4, 0.5) is 0 Å². The van der Waals surface area contributed by atoms with Gasteiger partial charge >= 0.3 is 136 Å². The van der Waals surface area contributed by atoms with Crippen LogP contribution in [0.15, 0.2) is 30.3 Å². The van der Waals surface area contributed by atoms with Crippen molar-refractivity contribution in [3.63, 3.8) is 0 Å². The molecule has 0 aliphatic rings. The van der Waals surface area contributed by atoms with Crippen LogP contribution in [0.3, 0.4) is 0 Å². The average molecular weight is 428 g/mol. The molecule has 4 heteroatoms. The summed E-state index contributed by atoms with van der Waals surface area (Å²) in [4.78, 5) is 10.8. The van der Waals surface area contributed by atoms with Gasteiger partial charge in [0.1, 0.15) is 0 Å². The molecule has 148 valence electrons. The minimum absolute atomic E-state index is 0.229. The van der Waals surface area contributed by atoms with Gasteiger partial charge in [-0.1, -0.05) is 0 Å². The third-order valence-corrected chi connectivity index (χ3v) is 7.07. The van der Waals surface area contributed by atoms with Gasteiger partial charge in [0.05, 0.1) is 14.1 Å². The first kappa shape index (κ1) is 23.2. The molecule has 0 saturated carbocycles. The molecule has 0 aromatic heterocycles. The fourth-order valence-electron chi connectivity index (χ4n) is 3.19. The molecule has 0 saturated heterocycles. The fraction of sp³-hybridized carbons (Fsp3) is 0.682. The van der Waals surface area contributed by atoms with E-state index in [0.717, 1.165) is 27.9 Å². The van der Waals surface area contributed by atoms with E-state index in [4.69, 9.17) is 5.11 Å². The van der Waals surface area contributed by atoms with E-state index in [9.17, 15) is 4.79 Å². The summed E-state index contributed by atoms with van der Waals surface area (Å²) in [6.07, 6.45) is 12.0. The summed E-state index contributed by atoms with van der Waals surface area (Å²) in [6.45, 7) is 1.20. The molecule has 26 heavy (non-hydrogen) atoms. The third kappa shape index (κ3) is 13.4. The second kappa shape index (κ2) is 14.3. The molecule has 0 aliphatic heterocycles. The summed E-state index contributed by atoms with van der Waals surface area (Å²) in [5.74, 6) is -0.698. The van der Waals surface area contributed by atoms with Crippen molar-refractivity contribution >= 4 is 20.9 Å². The average Bonchev–Trinajstić information content (AvgIpc) is 2.58. The molecule has 0 bridgehead atoms. The van der Waals surface area contributed by atoms with E-state index in [1.54, 1.807) is 0 Å². The molecule has 1 aromatic rings. The summed E-state index contributed by atoms with van der Waals surface area (Å²) < 4.78 is 0.598. The van der Waals surface area contributed by atoms with Gasteiger partial charge in [-0.2, -0.15) is 0 Å². The monoisotopic (exact) mass is 428 g/mol. The fourth-order valence-corrected chi connectivity index (χ4v) is 5.25. The molecule has 0 spiro atoms. The minimum atomic E-state index is -0.698. The maximum absolute atomic E-state index is 10.8. The Labute approximate surface area is 166 Å². The van der Waals surface area contributed by atoms with Gasteiger partial charge in [0, 0.05) is 0 Å². The topological polar surface area (TPSA) is 37.3 Å². The molecule has 0 heterocycles. The van der Waals surface area contributed by atoms with Crippen molar-refractivity contribution in [3.8, 4) is 0 Å². The maximum atomic E-state index is 10.8. The number of rotatable bonds is 16. The first-order chi connectivity index (χ1) is 12.5. The van der Waals surface area contributed by atoms with Crippen LogP contribution in [0.5, 0.6) is 0 Å². The van der Waals surface area contributed by atoms with E-state index in [1.165, 1.54) is 67.6 Å². The number of carboxylic acid groups (broad SMARTS) is 1. The van der Waals surface area contributed by atoms with Crippen LogP contribution < -0.4 is 0 Å². The molecule has 3 nitrogen and oxygen atoms in total. The van der Waals surface area contributed by atoms with Crippen LogP contribution in [-0.2, 0) is 10.1 Å². The Bertz CT molecular complexity index is 476. The Morgan fingerprint density at radius 3 is 2.00 bits per heavy atom. The molecule has 0 atom stereocenters. The van der Waals surface area contributed by atoms with Crippen molar-refractivity contribution in [2.45, 2.75) is 68.4 Å². The van der Waals surface area contributed by atoms with Gasteiger partial charge in [-0.3, -0.25) is 0 Å². The molecule has 0 radical (unpaired) electrons. The molecular formula is C22H38NO2Se+. The number of unbranched alkanes of at least 4 members (excludes halogenated alkanes) is 8. The van der Waals surface area contributed by atoms with Gasteiger partial charge in [-0.15, -0.1) is 0 Å². The second-order valence-electron chi connectivity index (χ2n) is 7.93. The van der Waals surface area contributed by atoms with Crippen LogP contribution >= 0.6 is 0 Å². The molecule has 1 aromatic carbocycles. The van der Waals surface area contributed by atoms with Crippen LogP contribution in [-0.4, -0.2) is 57.7 Å². The Hall–Kier alpha value is -0.831. The third-order valence-electron chi connectivity index (χ3n) is 4.73. The van der Waals surface area contributed by atoms with Crippen LogP contribution in [0.2, 0.25) is 5.32 Å². The predicted octanol–water partition coefficient (Wildman–Crippen LogP) is 4.98. The van der Waals surface area contributed by atoms with Gasteiger partial charge in [0.2, 0.25) is 0 Å². The molecule has 0 aliphatic carbocycles. The smallest absolute Gasteiger partial charge is 0.359 e. The first-order valence-electron chi connectivity index (χ1n) is 10.1. The van der Waals surface area contributed by atoms with Crippen molar-refractivity contribution in [1.29, 1.82) is 0 Å². The Morgan fingerprint density at radius 2 is 1.42 bits per heavy atom. The van der Waals surface area contributed by atoms with E-state index in [2.05, 4.69) is 30.3 Å². The zero-order valence-corrected chi connectivity index (χ0v) is 18.5. The molecule has 1 N–H and O–H groups in total. The van der Waals surface area contributed by atoms with E-state index < -0.39 is 5.97 Å². The quantitative estimate of drug-likeness (QED) is 0.230. The number of benzene rings is 1. The van der Waals surface area contributed by atoms with Crippen molar-refractivity contribution < 1.29 is 14.4 Å². The molecule has 0 amide bonds. The summed E-state index contributed by atoms with van der Waals surface area (Å²) in [7, 11) is 4.02. The summed E-state index contributed by atoms with van der Waals surface area (Å²) in [6, 6.07) is 10.9. The van der Waals surface area contributed by atoms with Gasteiger partial charge in [0.25, 0.3) is 0 Å². The second-order valence-corrected chi connectivity index (χ2v) is 10.3. The summed E-state index contributed by atoms with van der Waals surface area (Å²) in [5.41, 5.74) is 1.50. The van der Waals surface area contributed by atoms with Crippen molar-refractivity contribution in [2.24, 2.45) is 0 Å². The number of carboxylic acids is 1. The largest absolute Gasteiger partial charge is 0.477 e. The molecule has 0 unspecified atom stereocenters. The predicted molar refractivity (Wildman–Crippen MR) is 112 cm³/mol. The molecular weight excluding hydrogens is 389 g/mol. The summed E-state index contributed by atoms with van der Waals surface area (Å²) in [5, 5.41) is 11.6. The zero-order chi connectivity index (χ0) is 19.1. The van der Waals surface area contributed by atoms with Gasteiger partial charge < -0.3 is 5.11 Å². The number of hydrogen-bond donors (Lipinski definition) is 1. The van der Waals surface area contributed by atoms with Crippen molar-refractivity contribution in [1.82, 2.24) is 0 Å². The van der Waals surface area contributed by atoms with Crippen molar-refractivity contribution in [2.75, 3.05) is 27.2 Å². The number of nitrogens with zero attached hydrogens (tertiary/aromatic N) is 1. The number of quaternary nitrogens is 1. The van der Waals surface area contributed by atoms with Crippen LogP contribution in [0.1, 0.15) is 63.4 Å². The summed E-state index contributed by atoms with van der Waals surface area (Å²) >= 11 is 0.772. The Balaban J connectivity index is 1.81. The number of likely N-dealkylation sites (N-methyl/N-ethyl adjacent to an activating group) is 1. The minimum Gasteiger partial charge on any atom is -0.477 e. The van der Waals surface area contributed by atoms with Gasteiger partial charge in [-0.05, 0) is 0 Å². The standard InChI is InChI=1S/C22H37NO2Se/c1-23(2,19-22(24)25)17-13-8-6-4-3-5-7-9-14-18-26-20-21-15-11-10-12-16-21/h10-12,15-16H,3-9,13-14,17-20H2,1-2H3/p+1. The van der Waals surface area contributed by atoms with E-state index in [1.807, 2.05) is 14.1 Å². The normalized spacial score (nSPS) is 11.6.